The Bertz CT molecular complexity index is 389. The molecule has 0 radical (unpaired) electrons. The van der Waals surface area contributed by atoms with Gasteiger partial charge in [0.15, 0.2) is 0 Å². The number of rotatable bonds is 5. The van der Waals surface area contributed by atoms with Crippen LogP contribution in [0.3, 0.4) is 0 Å². The van der Waals surface area contributed by atoms with Crippen molar-refractivity contribution in [1.82, 2.24) is 10.6 Å². The number of carbonyl (C=O) groups excluding carboxylic acids is 1. The van der Waals surface area contributed by atoms with Crippen molar-refractivity contribution in [2.24, 2.45) is 0 Å². The van der Waals surface area contributed by atoms with Crippen LogP contribution in [0.25, 0.3) is 0 Å². The second-order valence-corrected chi connectivity index (χ2v) is 6.32. The molecule has 4 heteroatoms. The molecule has 3 nitrogen and oxygen atoms in total. The molecule has 0 aromatic carbocycles. The van der Waals surface area contributed by atoms with Gasteiger partial charge in [0.25, 0.3) is 5.91 Å². The lowest BCUT2D eigenvalue weighted by Crippen LogP contribution is -2.25. The van der Waals surface area contributed by atoms with E-state index < -0.39 is 0 Å². The minimum absolute atomic E-state index is 0.104. The van der Waals surface area contributed by atoms with Gasteiger partial charge in [-0.15, -0.1) is 11.3 Å². The summed E-state index contributed by atoms with van der Waals surface area (Å²) in [6.07, 6.45) is 8.51. The van der Waals surface area contributed by atoms with Crippen LogP contribution in [0.15, 0.2) is 6.07 Å². The number of aryl methyl sites for hydroxylation is 2. The molecule has 1 heterocycles. The van der Waals surface area contributed by atoms with Gasteiger partial charge in [-0.3, -0.25) is 4.79 Å². The molecule has 0 saturated heterocycles. The molecule has 0 spiro atoms. The van der Waals surface area contributed by atoms with E-state index in [0.717, 1.165) is 37.2 Å². The number of thiophene rings is 1. The molecular weight excluding hydrogens is 256 g/mol. The summed E-state index contributed by atoms with van der Waals surface area (Å²) >= 11 is 1.70. The normalized spacial score (nSPS) is 15.4. The van der Waals surface area contributed by atoms with Crippen molar-refractivity contribution >= 4 is 17.2 Å². The maximum Gasteiger partial charge on any atom is 0.261 e. The van der Waals surface area contributed by atoms with Crippen LogP contribution in [0.5, 0.6) is 0 Å². The highest BCUT2D eigenvalue weighted by molar-refractivity contribution is 7.14. The van der Waals surface area contributed by atoms with Crippen molar-refractivity contribution in [2.45, 2.75) is 44.9 Å². The van der Waals surface area contributed by atoms with Crippen LogP contribution in [0.1, 0.15) is 52.2 Å². The molecule has 1 aliphatic rings. The van der Waals surface area contributed by atoms with E-state index in [1.165, 1.54) is 36.1 Å². The van der Waals surface area contributed by atoms with E-state index in [4.69, 9.17) is 0 Å². The standard InChI is InChI=1S/C15H24N2OS/c1-16-9-6-10-17-15(18)14-11-12-7-4-2-3-5-8-13(12)19-14/h11,16H,2-10H2,1H3,(H,17,18). The fourth-order valence-electron chi connectivity index (χ4n) is 2.51. The zero-order valence-corrected chi connectivity index (χ0v) is 12.6. The summed E-state index contributed by atoms with van der Waals surface area (Å²) < 4.78 is 0. The first-order valence-electron chi connectivity index (χ1n) is 7.35. The first-order chi connectivity index (χ1) is 9.31. The molecular formula is C15H24N2OS. The molecule has 1 aromatic rings. The average molecular weight is 280 g/mol. The highest BCUT2D eigenvalue weighted by Crippen LogP contribution is 2.28. The second kappa shape index (κ2) is 7.65. The summed E-state index contributed by atoms with van der Waals surface area (Å²) in [6, 6.07) is 2.12. The van der Waals surface area contributed by atoms with E-state index in [2.05, 4.69) is 16.7 Å². The Balaban J connectivity index is 1.92. The molecule has 0 bridgehead atoms. The lowest BCUT2D eigenvalue weighted by molar-refractivity contribution is 0.0957. The summed E-state index contributed by atoms with van der Waals surface area (Å²) in [6.45, 7) is 1.70. The second-order valence-electron chi connectivity index (χ2n) is 5.19. The largest absolute Gasteiger partial charge is 0.351 e. The monoisotopic (exact) mass is 280 g/mol. The molecule has 106 valence electrons. The molecule has 1 amide bonds. The SMILES string of the molecule is CNCCCNC(=O)c1cc2c(s1)CCCCCC2. The minimum Gasteiger partial charge on any atom is -0.351 e. The van der Waals surface area contributed by atoms with Crippen molar-refractivity contribution in [1.29, 1.82) is 0 Å². The van der Waals surface area contributed by atoms with Crippen molar-refractivity contribution in [2.75, 3.05) is 20.1 Å². The van der Waals surface area contributed by atoms with Gasteiger partial charge in [0.2, 0.25) is 0 Å². The van der Waals surface area contributed by atoms with E-state index >= 15 is 0 Å². The Morgan fingerprint density at radius 2 is 2.00 bits per heavy atom. The van der Waals surface area contributed by atoms with E-state index in [-0.39, 0.29) is 5.91 Å². The molecule has 0 unspecified atom stereocenters. The third-order valence-electron chi connectivity index (χ3n) is 3.61. The average Bonchev–Trinajstić information content (AvgIpc) is 2.77. The molecule has 2 rings (SSSR count). The number of nitrogens with one attached hydrogen (secondary N) is 2. The van der Waals surface area contributed by atoms with E-state index in [0.29, 0.717) is 0 Å². The molecule has 19 heavy (non-hydrogen) atoms. The zero-order valence-electron chi connectivity index (χ0n) is 11.8. The Morgan fingerprint density at radius 3 is 2.79 bits per heavy atom. The third-order valence-corrected chi connectivity index (χ3v) is 4.85. The van der Waals surface area contributed by atoms with Crippen LogP contribution in [0, 0.1) is 0 Å². The van der Waals surface area contributed by atoms with Crippen molar-refractivity contribution < 1.29 is 4.79 Å². The van der Waals surface area contributed by atoms with Crippen LogP contribution in [0.4, 0.5) is 0 Å². The van der Waals surface area contributed by atoms with Gasteiger partial charge < -0.3 is 10.6 Å². The minimum atomic E-state index is 0.104. The lowest BCUT2D eigenvalue weighted by Gasteiger charge is -2.07. The molecule has 0 saturated carbocycles. The highest BCUT2D eigenvalue weighted by atomic mass is 32.1. The quantitative estimate of drug-likeness (QED) is 0.814. The van der Waals surface area contributed by atoms with E-state index in [1.54, 1.807) is 11.3 Å². The van der Waals surface area contributed by atoms with Crippen LogP contribution in [-0.4, -0.2) is 26.0 Å². The third kappa shape index (κ3) is 4.32. The molecule has 1 aliphatic carbocycles. The van der Waals surface area contributed by atoms with Gasteiger partial charge in [-0.05, 0) is 57.3 Å². The number of amides is 1. The fourth-order valence-corrected chi connectivity index (χ4v) is 3.68. The Labute approximate surface area is 119 Å². The summed E-state index contributed by atoms with van der Waals surface area (Å²) in [5.74, 6) is 0.104. The van der Waals surface area contributed by atoms with Gasteiger partial charge >= 0.3 is 0 Å². The lowest BCUT2D eigenvalue weighted by atomic mass is 10.00. The molecule has 1 aromatic heterocycles. The number of carbonyl (C=O) groups is 1. The summed E-state index contributed by atoms with van der Waals surface area (Å²) in [7, 11) is 1.93. The van der Waals surface area contributed by atoms with Gasteiger partial charge in [-0.2, -0.15) is 0 Å². The first-order valence-corrected chi connectivity index (χ1v) is 8.17. The van der Waals surface area contributed by atoms with Crippen LogP contribution in [0.2, 0.25) is 0 Å². The van der Waals surface area contributed by atoms with Gasteiger partial charge in [0.1, 0.15) is 0 Å². The summed E-state index contributed by atoms with van der Waals surface area (Å²) in [5.41, 5.74) is 1.42. The molecule has 0 fully saturated rings. The maximum atomic E-state index is 12.1. The van der Waals surface area contributed by atoms with Gasteiger partial charge in [0, 0.05) is 11.4 Å². The Kier molecular flexibility index (Phi) is 5.86. The smallest absolute Gasteiger partial charge is 0.261 e. The van der Waals surface area contributed by atoms with Gasteiger partial charge in [-0.1, -0.05) is 12.8 Å². The van der Waals surface area contributed by atoms with E-state index in [9.17, 15) is 4.79 Å². The fraction of sp³-hybridized carbons (Fsp3) is 0.667. The van der Waals surface area contributed by atoms with Gasteiger partial charge in [-0.25, -0.2) is 0 Å². The number of hydrogen-bond donors (Lipinski definition) is 2. The van der Waals surface area contributed by atoms with Crippen molar-refractivity contribution in [3.8, 4) is 0 Å². The Morgan fingerprint density at radius 1 is 1.21 bits per heavy atom. The number of hydrogen-bond acceptors (Lipinski definition) is 3. The Hall–Kier alpha value is -0.870. The van der Waals surface area contributed by atoms with Crippen molar-refractivity contribution in [3.63, 3.8) is 0 Å². The van der Waals surface area contributed by atoms with Crippen LogP contribution >= 0.6 is 11.3 Å². The van der Waals surface area contributed by atoms with E-state index in [1.807, 2.05) is 7.05 Å². The molecule has 2 N–H and O–H groups in total. The number of fused-ring (bicyclic) bond motifs is 1. The zero-order chi connectivity index (χ0) is 13.5. The van der Waals surface area contributed by atoms with Gasteiger partial charge in [0.05, 0.1) is 4.88 Å². The first kappa shape index (κ1) is 14.5. The van der Waals surface area contributed by atoms with Crippen molar-refractivity contribution in [3.05, 3.63) is 21.4 Å². The highest BCUT2D eigenvalue weighted by Gasteiger charge is 2.15. The topological polar surface area (TPSA) is 41.1 Å². The molecule has 0 atom stereocenters. The maximum absolute atomic E-state index is 12.1. The predicted molar refractivity (Wildman–Crippen MR) is 81.1 cm³/mol. The summed E-state index contributed by atoms with van der Waals surface area (Å²) in [4.78, 5) is 14.4. The van der Waals surface area contributed by atoms with Crippen LogP contribution in [-0.2, 0) is 12.8 Å². The molecule has 0 aliphatic heterocycles. The summed E-state index contributed by atoms with van der Waals surface area (Å²) in [5, 5.41) is 6.09. The van der Waals surface area contributed by atoms with Crippen LogP contribution < -0.4 is 10.6 Å². The predicted octanol–water partition coefficient (Wildman–Crippen LogP) is 2.75.